The van der Waals surface area contributed by atoms with Gasteiger partial charge in [-0.15, -0.1) is 0 Å². The van der Waals surface area contributed by atoms with Crippen molar-refractivity contribution in [1.29, 1.82) is 0 Å². The minimum Gasteiger partial charge on any atom is -0.492 e. The van der Waals surface area contributed by atoms with Crippen LogP contribution in [0.4, 0.5) is 0 Å². The molecule has 0 aromatic heterocycles. The van der Waals surface area contributed by atoms with Crippen LogP contribution in [0.5, 0.6) is 5.75 Å². The molecule has 0 unspecified atom stereocenters. The van der Waals surface area contributed by atoms with Crippen LogP contribution in [-0.4, -0.2) is 30.4 Å². The maximum absolute atomic E-state index is 11.6. The Morgan fingerprint density at radius 2 is 1.92 bits per heavy atom. The van der Waals surface area contributed by atoms with Gasteiger partial charge in [0, 0.05) is 18.4 Å². The molecule has 3 amide bonds. The molecule has 0 fully saturated rings. The minimum atomic E-state index is -0.738. The molecule has 0 aliphatic carbocycles. The number of amides is 3. The second kappa shape index (κ2) is 10.00. The number of hydrogen-bond acceptors (Lipinski definition) is 4. The zero-order chi connectivity index (χ0) is 18.1. The molecule has 3 N–H and O–H groups in total. The lowest BCUT2D eigenvalue weighted by molar-refractivity contribution is -0.131. The van der Waals surface area contributed by atoms with Crippen molar-refractivity contribution in [2.24, 2.45) is 0 Å². The first-order chi connectivity index (χ1) is 11.3. The Morgan fingerprint density at radius 3 is 2.54 bits per heavy atom. The normalized spacial score (nSPS) is 11.3. The molecule has 1 rings (SSSR count). The molecule has 1 aromatic carbocycles. The van der Waals surface area contributed by atoms with Crippen LogP contribution in [0, 0.1) is 0 Å². The Morgan fingerprint density at radius 1 is 1.21 bits per heavy atom. The van der Waals surface area contributed by atoms with Crippen LogP contribution in [-0.2, 0) is 14.4 Å². The van der Waals surface area contributed by atoms with Gasteiger partial charge in [0.15, 0.2) is 0 Å². The van der Waals surface area contributed by atoms with E-state index in [9.17, 15) is 14.4 Å². The molecule has 7 nitrogen and oxygen atoms in total. The zero-order valence-corrected chi connectivity index (χ0v) is 14.8. The summed E-state index contributed by atoms with van der Waals surface area (Å²) in [4.78, 5) is 34.0. The number of benzene rings is 1. The van der Waals surface area contributed by atoms with Gasteiger partial charge < -0.3 is 10.1 Å². The van der Waals surface area contributed by atoms with Crippen molar-refractivity contribution >= 4 is 40.9 Å². The van der Waals surface area contributed by atoms with Crippen LogP contribution >= 0.6 is 23.2 Å². The van der Waals surface area contributed by atoms with Gasteiger partial charge in [-0.05, 0) is 31.5 Å². The molecule has 24 heavy (non-hydrogen) atoms. The molecule has 9 heteroatoms. The Kier molecular flexibility index (Phi) is 8.35. The third-order valence-electron chi connectivity index (χ3n) is 2.84. The largest absolute Gasteiger partial charge is 0.492 e. The molecule has 0 radical (unpaired) electrons. The molecule has 0 aliphatic rings. The SMILES string of the molecule is CC(=O)N[C@@H](C)C(=O)NNC(=O)CCCOc1ccc(Cl)cc1Cl. The van der Waals surface area contributed by atoms with Crippen LogP contribution < -0.4 is 20.9 Å². The van der Waals surface area contributed by atoms with E-state index < -0.39 is 11.9 Å². The third-order valence-corrected chi connectivity index (χ3v) is 3.37. The van der Waals surface area contributed by atoms with E-state index in [4.69, 9.17) is 27.9 Å². The summed E-state index contributed by atoms with van der Waals surface area (Å²) in [5.74, 6) is -0.729. The van der Waals surface area contributed by atoms with E-state index in [1.807, 2.05) is 0 Å². The molecule has 1 atom stereocenters. The molecule has 0 spiro atoms. The lowest BCUT2D eigenvalue weighted by Gasteiger charge is -2.13. The summed E-state index contributed by atoms with van der Waals surface area (Å²) in [6.45, 7) is 3.09. The summed E-state index contributed by atoms with van der Waals surface area (Å²) in [5, 5.41) is 3.31. The van der Waals surface area contributed by atoms with Gasteiger partial charge in [0.1, 0.15) is 11.8 Å². The monoisotopic (exact) mass is 375 g/mol. The van der Waals surface area contributed by atoms with Crippen LogP contribution in [0.3, 0.4) is 0 Å². The Balaban J connectivity index is 2.22. The summed E-state index contributed by atoms with van der Waals surface area (Å²) in [5.41, 5.74) is 4.50. The van der Waals surface area contributed by atoms with Gasteiger partial charge in [-0.1, -0.05) is 23.2 Å². The fourth-order valence-corrected chi connectivity index (χ4v) is 2.14. The van der Waals surface area contributed by atoms with Crippen molar-refractivity contribution < 1.29 is 19.1 Å². The highest BCUT2D eigenvalue weighted by Crippen LogP contribution is 2.27. The van der Waals surface area contributed by atoms with E-state index in [0.717, 1.165) is 0 Å². The maximum Gasteiger partial charge on any atom is 0.260 e. The van der Waals surface area contributed by atoms with Crippen molar-refractivity contribution in [2.45, 2.75) is 32.7 Å². The van der Waals surface area contributed by atoms with Crippen LogP contribution in [0.1, 0.15) is 26.7 Å². The molecule has 0 aliphatic heterocycles. The molecule has 0 heterocycles. The van der Waals surface area contributed by atoms with Gasteiger partial charge in [-0.3, -0.25) is 25.2 Å². The standard InChI is InChI=1S/C15H19Cl2N3O4/c1-9(18-10(2)21)15(23)20-19-14(22)4-3-7-24-13-6-5-11(16)8-12(13)17/h5-6,8-9H,3-4,7H2,1-2H3,(H,18,21)(H,19,22)(H,20,23)/t9-/m0/s1. The van der Waals surface area contributed by atoms with E-state index in [1.165, 1.54) is 13.8 Å². The van der Waals surface area contributed by atoms with Gasteiger partial charge in [-0.2, -0.15) is 0 Å². The Labute approximate surface area is 150 Å². The molecule has 132 valence electrons. The van der Waals surface area contributed by atoms with Crippen molar-refractivity contribution in [2.75, 3.05) is 6.61 Å². The number of hydrazine groups is 1. The number of hydrogen-bond donors (Lipinski definition) is 3. The minimum absolute atomic E-state index is 0.153. The fourth-order valence-electron chi connectivity index (χ4n) is 1.68. The Hall–Kier alpha value is -1.99. The molecular weight excluding hydrogens is 357 g/mol. The van der Waals surface area contributed by atoms with Crippen molar-refractivity contribution in [3.63, 3.8) is 0 Å². The van der Waals surface area contributed by atoms with E-state index in [2.05, 4.69) is 16.2 Å². The topological polar surface area (TPSA) is 96.5 Å². The first kappa shape index (κ1) is 20.1. The van der Waals surface area contributed by atoms with E-state index >= 15 is 0 Å². The van der Waals surface area contributed by atoms with Crippen LogP contribution in [0.2, 0.25) is 10.0 Å². The number of carbonyl (C=O) groups is 3. The second-order valence-corrected chi connectivity index (χ2v) is 5.83. The van der Waals surface area contributed by atoms with Crippen LogP contribution in [0.15, 0.2) is 18.2 Å². The number of carbonyl (C=O) groups excluding carboxylic acids is 3. The van der Waals surface area contributed by atoms with Gasteiger partial charge in [-0.25, -0.2) is 0 Å². The lowest BCUT2D eigenvalue weighted by atomic mass is 10.3. The smallest absolute Gasteiger partial charge is 0.260 e. The third kappa shape index (κ3) is 7.52. The highest BCUT2D eigenvalue weighted by Gasteiger charge is 2.14. The van der Waals surface area contributed by atoms with E-state index in [0.29, 0.717) is 22.2 Å². The van der Waals surface area contributed by atoms with Gasteiger partial charge >= 0.3 is 0 Å². The fraction of sp³-hybridized carbons (Fsp3) is 0.400. The predicted octanol–water partition coefficient (Wildman–Crippen LogP) is 1.82. The maximum atomic E-state index is 11.6. The lowest BCUT2D eigenvalue weighted by Crippen LogP contribution is -2.50. The number of ether oxygens (including phenoxy) is 1. The zero-order valence-electron chi connectivity index (χ0n) is 13.3. The van der Waals surface area contributed by atoms with E-state index in [1.54, 1.807) is 18.2 Å². The second-order valence-electron chi connectivity index (χ2n) is 4.99. The molecule has 0 bridgehead atoms. The van der Waals surface area contributed by atoms with Gasteiger partial charge in [0.05, 0.1) is 11.6 Å². The number of nitrogens with one attached hydrogen (secondary N) is 3. The average molecular weight is 376 g/mol. The Bertz CT molecular complexity index is 610. The summed E-state index contributed by atoms with van der Waals surface area (Å²) in [6.07, 6.45) is 0.585. The van der Waals surface area contributed by atoms with Crippen LogP contribution in [0.25, 0.3) is 0 Å². The van der Waals surface area contributed by atoms with Crippen molar-refractivity contribution in [3.05, 3.63) is 28.2 Å². The first-order valence-electron chi connectivity index (χ1n) is 7.23. The summed E-state index contributed by atoms with van der Waals surface area (Å²) >= 11 is 11.7. The van der Waals surface area contributed by atoms with Crippen molar-refractivity contribution in [3.8, 4) is 5.75 Å². The highest BCUT2D eigenvalue weighted by molar-refractivity contribution is 6.35. The summed E-state index contributed by atoms with van der Waals surface area (Å²) in [6, 6.07) is 4.13. The summed E-state index contributed by atoms with van der Waals surface area (Å²) < 4.78 is 5.44. The highest BCUT2D eigenvalue weighted by atomic mass is 35.5. The molecule has 0 saturated heterocycles. The molecule has 0 saturated carbocycles. The molecular formula is C15H19Cl2N3O4. The van der Waals surface area contributed by atoms with Gasteiger partial charge in [0.2, 0.25) is 11.8 Å². The predicted molar refractivity (Wildman–Crippen MR) is 90.8 cm³/mol. The van der Waals surface area contributed by atoms with Gasteiger partial charge in [0.25, 0.3) is 5.91 Å². The quantitative estimate of drug-likeness (QED) is 0.500. The number of rotatable bonds is 7. The summed E-state index contributed by atoms with van der Waals surface area (Å²) in [7, 11) is 0. The number of halogens is 2. The van der Waals surface area contributed by atoms with Crippen molar-refractivity contribution in [1.82, 2.24) is 16.2 Å². The van der Waals surface area contributed by atoms with E-state index in [-0.39, 0.29) is 24.8 Å². The molecule has 1 aromatic rings. The average Bonchev–Trinajstić information content (AvgIpc) is 2.50. The first-order valence-corrected chi connectivity index (χ1v) is 7.99.